The number of aromatic nitrogens is 2. The SMILES string of the molecule is Cc1nc(CS(=O)(=O)c2ccc(CNC(=O)c3ccc(C)n(-c4cccc(C(F)(F)F)c4)c3=O)cc2)cs1. The van der Waals surface area contributed by atoms with Gasteiger partial charge in [0.25, 0.3) is 11.5 Å². The minimum absolute atomic E-state index is 0.00131. The number of amides is 1. The van der Waals surface area contributed by atoms with Crippen LogP contribution in [0.1, 0.15) is 37.9 Å². The Balaban J connectivity index is 1.49. The molecule has 0 unspecified atom stereocenters. The molecular weight excluding hydrogens is 539 g/mol. The van der Waals surface area contributed by atoms with Crippen molar-refractivity contribution in [3.05, 3.63) is 109 Å². The molecule has 1 N–H and O–H groups in total. The molecule has 2 aromatic heterocycles. The van der Waals surface area contributed by atoms with E-state index in [-0.39, 0.29) is 28.4 Å². The van der Waals surface area contributed by atoms with Crippen molar-refractivity contribution in [3.63, 3.8) is 0 Å². The number of nitrogens with one attached hydrogen (secondary N) is 1. The first-order valence-corrected chi connectivity index (χ1v) is 13.8. The zero-order valence-electron chi connectivity index (χ0n) is 20.2. The molecule has 0 atom stereocenters. The number of alkyl halides is 3. The number of aryl methyl sites for hydroxylation is 2. The molecule has 0 aliphatic carbocycles. The molecule has 7 nitrogen and oxygen atoms in total. The maximum absolute atomic E-state index is 13.2. The third-order valence-electron chi connectivity index (χ3n) is 5.69. The monoisotopic (exact) mass is 561 g/mol. The Kier molecular flexibility index (Phi) is 7.56. The highest BCUT2D eigenvalue weighted by Gasteiger charge is 2.30. The first-order valence-electron chi connectivity index (χ1n) is 11.3. The van der Waals surface area contributed by atoms with Gasteiger partial charge < -0.3 is 5.32 Å². The van der Waals surface area contributed by atoms with Gasteiger partial charge in [0.05, 0.1) is 26.9 Å². The first-order chi connectivity index (χ1) is 17.8. The summed E-state index contributed by atoms with van der Waals surface area (Å²) in [5.41, 5.74) is -0.517. The van der Waals surface area contributed by atoms with Crippen LogP contribution in [0.4, 0.5) is 13.2 Å². The van der Waals surface area contributed by atoms with Crippen LogP contribution >= 0.6 is 11.3 Å². The number of hydrogen-bond acceptors (Lipinski definition) is 6. The number of carbonyl (C=O) groups excluding carboxylic acids is 1. The van der Waals surface area contributed by atoms with E-state index in [1.807, 2.05) is 0 Å². The van der Waals surface area contributed by atoms with E-state index >= 15 is 0 Å². The summed E-state index contributed by atoms with van der Waals surface area (Å²) in [6.45, 7) is 3.34. The van der Waals surface area contributed by atoms with Gasteiger partial charge in [0.15, 0.2) is 9.84 Å². The highest BCUT2D eigenvalue weighted by atomic mass is 32.2. The van der Waals surface area contributed by atoms with Gasteiger partial charge in [-0.05, 0) is 61.9 Å². The molecule has 2 heterocycles. The van der Waals surface area contributed by atoms with Crippen LogP contribution in [0.2, 0.25) is 0 Å². The van der Waals surface area contributed by atoms with Gasteiger partial charge in [-0.25, -0.2) is 13.4 Å². The second kappa shape index (κ2) is 10.5. The van der Waals surface area contributed by atoms with Crippen molar-refractivity contribution in [1.29, 1.82) is 0 Å². The minimum atomic E-state index is -4.59. The van der Waals surface area contributed by atoms with Crippen molar-refractivity contribution >= 4 is 27.1 Å². The third-order valence-corrected chi connectivity index (χ3v) is 8.18. The number of benzene rings is 2. The highest BCUT2D eigenvalue weighted by molar-refractivity contribution is 7.90. The molecule has 2 aromatic carbocycles. The lowest BCUT2D eigenvalue weighted by Crippen LogP contribution is -2.33. The van der Waals surface area contributed by atoms with Crippen LogP contribution in [0.3, 0.4) is 0 Å². The summed E-state index contributed by atoms with van der Waals surface area (Å²) in [4.78, 5) is 30.1. The molecule has 0 fully saturated rings. The molecule has 0 bridgehead atoms. The van der Waals surface area contributed by atoms with Crippen LogP contribution in [-0.4, -0.2) is 23.9 Å². The number of carbonyl (C=O) groups is 1. The molecule has 0 aliphatic heterocycles. The van der Waals surface area contributed by atoms with E-state index in [2.05, 4.69) is 10.3 Å². The lowest BCUT2D eigenvalue weighted by atomic mass is 10.1. The lowest BCUT2D eigenvalue weighted by molar-refractivity contribution is -0.137. The number of rotatable bonds is 7. The van der Waals surface area contributed by atoms with Crippen molar-refractivity contribution < 1.29 is 26.4 Å². The molecule has 0 aliphatic rings. The van der Waals surface area contributed by atoms with Crippen LogP contribution in [0, 0.1) is 13.8 Å². The van der Waals surface area contributed by atoms with Crippen LogP contribution in [0.5, 0.6) is 0 Å². The first kappa shape index (κ1) is 27.3. The lowest BCUT2D eigenvalue weighted by Gasteiger charge is -2.14. The van der Waals surface area contributed by atoms with Gasteiger partial charge in [-0.1, -0.05) is 18.2 Å². The van der Waals surface area contributed by atoms with Crippen LogP contribution in [0.25, 0.3) is 5.69 Å². The third kappa shape index (κ3) is 6.03. The average Bonchev–Trinajstić information content (AvgIpc) is 3.26. The Labute approximate surface area is 220 Å². The molecule has 12 heteroatoms. The van der Waals surface area contributed by atoms with E-state index < -0.39 is 33.0 Å². The van der Waals surface area contributed by atoms with Crippen LogP contribution < -0.4 is 10.9 Å². The fraction of sp³-hybridized carbons (Fsp3) is 0.192. The predicted molar refractivity (Wildman–Crippen MR) is 137 cm³/mol. The van der Waals surface area contributed by atoms with Gasteiger partial charge in [0.2, 0.25) is 0 Å². The standard InChI is InChI=1S/C26H22F3N3O4S2/c1-16-6-11-23(25(34)32(16)21-5-3-4-19(12-21)26(27,28)29)24(33)30-13-18-7-9-22(10-8-18)38(35,36)15-20-14-37-17(2)31-20/h3-12,14H,13,15H2,1-2H3,(H,30,33). The summed E-state index contributed by atoms with van der Waals surface area (Å²) >= 11 is 1.37. The van der Waals surface area contributed by atoms with Gasteiger partial charge in [0.1, 0.15) is 5.56 Å². The van der Waals surface area contributed by atoms with Crippen molar-refractivity contribution in [1.82, 2.24) is 14.9 Å². The Morgan fingerprint density at radius 2 is 1.76 bits per heavy atom. The fourth-order valence-electron chi connectivity index (χ4n) is 3.79. The maximum Gasteiger partial charge on any atom is 0.416 e. The van der Waals surface area contributed by atoms with E-state index in [4.69, 9.17) is 0 Å². The minimum Gasteiger partial charge on any atom is -0.348 e. The Morgan fingerprint density at radius 1 is 1.05 bits per heavy atom. The van der Waals surface area contributed by atoms with Crippen molar-refractivity contribution in [2.24, 2.45) is 0 Å². The normalized spacial score (nSPS) is 11.9. The van der Waals surface area contributed by atoms with Crippen LogP contribution in [-0.2, 0) is 28.3 Å². The van der Waals surface area contributed by atoms with Crippen molar-refractivity contribution in [2.45, 2.75) is 37.2 Å². The summed E-state index contributed by atoms with van der Waals surface area (Å²) in [5.74, 6) is -0.940. The fourth-order valence-corrected chi connectivity index (χ4v) is 5.76. The van der Waals surface area contributed by atoms with E-state index in [9.17, 15) is 31.2 Å². The van der Waals surface area contributed by atoms with E-state index in [1.165, 1.54) is 47.7 Å². The topological polar surface area (TPSA) is 98.1 Å². The molecule has 0 saturated heterocycles. The summed E-state index contributed by atoms with van der Waals surface area (Å²) in [6, 6.07) is 13.1. The summed E-state index contributed by atoms with van der Waals surface area (Å²) < 4.78 is 65.8. The van der Waals surface area contributed by atoms with E-state index in [1.54, 1.807) is 31.4 Å². The number of hydrogen-bond donors (Lipinski definition) is 1. The number of sulfone groups is 1. The highest BCUT2D eigenvalue weighted by Crippen LogP contribution is 2.30. The van der Waals surface area contributed by atoms with Gasteiger partial charge >= 0.3 is 6.18 Å². The zero-order chi connectivity index (χ0) is 27.7. The molecule has 0 radical (unpaired) electrons. The van der Waals surface area contributed by atoms with Gasteiger partial charge in [-0.3, -0.25) is 14.2 Å². The summed E-state index contributed by atoms with van der Waals surface area (Å²) in [6.07, 6.45) is -4.59. The second-order valence-electron chi connectivity index (χ2n) is 8.52. The summed E-state index contributed by atoms with van der Waals surface area (Å²) in [7, 11) is -3.60. The van der Waals surface area contributed by atoms with Gasteiger partial charge in [0, 0.05) is 23.3 Å². The molecule has 1 amide bonds. The molecule has 4 rings (SSSR count). The van der Waals surface area contributed by atoms with Gasteiger partial charge in [-0.2, -0.15) is 13.2 Å². The largest absolute Gasteiger partial charge is 0.416 e. The van der Waals surface area contributed by atoms with E-state index in [0.29, 0.717) is 17.0 Å². The zero-order valence-corrected chi connectivity index (χ0v) is 21.9. The molecule has 198 valence electrons. The smallest absolute Gasteiger partial charge is 0.348 e. The molecule has 0 spiro atoms. The van der Waals surface area contributed by atoms with Gasteiger partial charge in [-0.15, -0.1) is 11.3 Å². The number of halogens is 3. The molecule has 4 aromatic rings. The quantitative estimate of drug-likeness (QED) is 0.349. The maximum atomic E-state index is 13.2. The number of nitrogens with zero attached hydrogens (tertiary/aromatic N) is 2. The van der Waals surface area contributed by atoms with Crippen molar-refractivity contribution in [2.75, 3.05) is 0 Å². The second-order valence-corrected chi connectivity index (χ2v) is 11.6. The summed E-state index contributed by atoms with van der Waals surface area (Å²) in [5, 5.41) is 5.07. The Hall–Kier alpha value is -3.77. The number of pyridine rings is 1. The average molecular weight is 562 g/mol. The van der Waals surface area contributed by atoms with Crippen LogP contribution in [0.15, 0.2) is 75.7 Å². The molecular formula is C26H22F3N3O4S2. The predicted octanol–water partition coefficient (Wildman–Crippen LogP) is 4.83. The Morgan fingerprint density at radius 3 is 2.39 bits per heavy atom. The Bertz CT molecular complexity index is 1660. The number of thiazole rings is 1. The van der Waals surface area contributed by atoms with Crippen molar-refractivity contribution in [3.8, 4) is 5.69 Å². The molecule has 0 saturated carbocycles. The molecule has 38 heavy (non-hydrogen) atoms. The van der Waals surface area contributed by atoms with E-state index in [0.717, 1.165) is 21.7 Å².